The van der Waals surface area contributed by atoms with E-state index in [-0.39, 0.29) is 16.7 Å². The summed E-state index contributed by atoms with van der Waals surface area (Å²) in [5.41, 5.74) is 0.626. The van der Waals surface area contributed by atoms with Crippen LogP contribution < -0.4 is 5.11 Å². The second-order valence-electron chi connectivity index (χ2n) is 7.91. The highest BCUT2D eigenvalue weighted by molar-refractivity contribution is 5.70. The molecule has 0 aliphatic heterocycles. The van der Waals surface area contributed by atoms with Crippen molar-refractivity contribution in [2.45, 2.75) is 46.1 Å². The molecule has 3 nitrogen and oxygen atoms in total. The molecule has 0 spiro atoms. The number of carboxylic acid groups (broad SMARTS) is 1. The average molecular weight is 301 g/mol. The van der Waals surface area contributed by atoms with Crippen LogP contribution in [0, 0.1) is 28.6 Å². The maximum atomic E-state index is 11.8. The zero-order chi connectivity index (χ0) is 16.1. The van der Waals surface area contributed by atoms with Gasteiger partial charge >= 0.3 is 0 Å². The number of carboxylic acids is 1. The van der Waals surface area contributed by atoms with Gasteiger partial charge in [0.2, 0.25) is 0 Å². The lowest BCUT2D eigenvalue weighted by Gasteiger charge is -2.41. The van der Waals surface area contributed by atoms with E-state index in [1.165, 1.54) is 0 Å². The van der Waals surface area contributed by atoms with E-state index in [0.717, 1.165) is 18.4 Å². The molecule has 1 aromatic carbocycles. The summed E-state index contributed by atoms with van der Waals surface area (Å²) in [4.78, 5) is 11.8. The summed E-state index contributed by atoms with van der Waals surface area (Å²) < 4.78 is 0. The van der Waals surface area contributed by atoms with Crippen molar-refractivity contribution >= 4 is 5.97 Å². The van der Waals surface area contributed by atoms with Crippen LogP contribution >= 0.6 is 0 Å². The Morgan fingerprint density at radius 1 is 1.32 bits per heavy atom. The van der Waals surface area contributed by atoms with Gasteiger partial charge in [-0.3, -0.25) is 0 Å². The number of carbonyl (C=O) groups excluding carboxylic acids is 1. The monoisotopic (exact) mass is 301 g/mol. The summed E-state index contributed by atoms with van der Waals surface area (Å²) >= 11 is 0. The fourth-order valence-electron chi connectivity index (χ4n) is 5.38. The van der Waals surface area contributed by atoms with Gasteiger partial charge in [0.15, 0.2) is 0 Å². The number of hydrogen-bond acceptors (Lipinski definition) is 3. The second kappa shape index (κ2) is 5.09. The van der Waals surface area contributed by atoms with Crippen LogP contribution in [-0.2, 0) is 4.79 Å². The van der Waals surface area contributed by atoms with E-state index in [1.807, 2.05) is 30.3 Å². The molecule has 5 atom stereocenters. The summed E-state index contributed by atoms with van der Waals surface area (Å²) in [7, 11) is 0. The van der Waals surface area contributed by atoms with Gasteiger partial charge in [0.05, 0.1) is 6.10 Å². The van der Waals surface area contributed by atoms with Gasteiger partial charge in [0.1, 0.15) is 0 Å². The molecule has 0 radical (unpaired) electrons. The Morgan fingerprint density at radius 2 is 1.95 bits per heavy atom. The zero-order valence-electron chi connectivity index (χ0n) is 13.6. The summed E-state index contributed by atoms with van der Waals surface area (Å²) in [6.07, 6.45) is 1.90. The molecule has 1 N–H and O–H groups in total. The third-order valence-corrected chi connectivity index (χ3v) is 6.94. The molecule has 2 aliphatic rings. The standard InChI is InChI=1S/C19H26O3/c1-18(2)14-9-10-19(18,3)16(17(21)22)13(14)11-15(20)12-7-5-4-6-8-12/h4-8,13-16,20H,9-11H2,1-3H3,(H,21,22)/p-1/t13-,14-,15+,16+,19-/m1/s1. The molecule has 0 aromatic heterocycles. The summed E-state index contributed by atoms with van der Waals surface area (Å²) in [5, 5.41) is 22.4. The predicted octanol–water partition coefficient (Wildman–Crippen LogP) is 2.55. The first kappa shape index (κ1) is 15.5. The summed E-state index contributed by atoms with van der Waals surface area (Å²) in [6, 6.07) is 9.53. The molecule has 2 bridgehead atoms. The van der Waals surface area contributed by atoms with Crippen LogP contribution in [0.3, 0.4) is 0 Å². The Kier molecular flexibility index (Phi) is 3.59. The Morgan fingerprint density at radius 3 is 2.55 bits per heavy atom. The van der Waals surface area contributed by atoms with Crippen LogP contribution in [0.5, 0.6) is 0 Å². The lowest BCUT2D eigenvalue weighted by Crippen LogP contribution is -2.45. The highest BCUT2D eigenvalue weighted by atomic mass is 16.4. The molecule has 0 saturated heterocycles. The van der Waals surface area contributed by atoms with E-state index in [9.17, 15) is 15.0 Å². The number of aliphatic hydroxyl groups excluding tert-OH is 1. The first-order valence-corrected chi connectivity index (χ1v) is 8.23. The third kappa shape index (κ3) is 2.02. The molecule has 2 saturated carbocycles. The fraction of sp³-hybridized carbons (Fsp3) is 0.632. The maximum Gasteiger partial charge on any atom is 0.0793 e. The quantitative estimate of drug-likeness (QED) is 0.929. The summed E-state index contributed by atoms with van der Waals surface area (Å²) in [6.45, 7) is 6.48. The third-order valence-electron chi connectivity index (χ3n) is 6.94. The molecule has 1 aromatic rings. The number of fused-ring (bicyclic) bond motifs is 2. The van der Waals surface area contributed by atoms with E-state index < -0.39 is 18.0 Å². The van der Waals surface area contributed by atoms with Crippen molar-refractivity contribution in [3.05, 3.63) is 35.9 Å². The van der Waals surface area contributed by atoms with E-state index in [0.29, 0.717) is 12.3 Å². The van der Waals surface area contributed by atoms with Crippen LogP contribution in [-0.4, -0.2) is 11.1 Å². The minimum absolute atomic E-state index is 0.00560. The Balaban J connectivity index is 1.88. The minimum Gasteiger partial charge on any atom is -0.550 e. The van der Waals surface area contributed by atoms with Crippen molar-refractivity contribution in [3.8, 4) is 0 Å². The smallest absolute Gasteiger partial charge is 0.0793 e. The van der Waals surface area contributed by atoms with E-state index in [4.69, 9.17) is 0 Å². The lowest BCUT2D eigenvalue weighted by atomic mass is 9.65. The average Bonchev–Trinajstić information content (AvgIpc) is 2.78. The Labute approximate surface area is 132 Å². The van der Waals surface area contributed by atoms with Crippen LogP contribution in [0.2, 0.25) is 0 Å². The maximum absolute atomic E-state index is 11.8. The van der Waals surface area contributed by atoms with Crippen LogP contribution in [0.1, 0.15) is 51.7 Å². The lowest BCUT2D eigenvalue weighted by molar-refractivity contribution is -0.317. The highest BCUT2D eigenvalue weighted by Gasteiger charge is 2.66. The van der Waals surface area contributed by atoms with Crippen molar-refractivity contribution in [1.82, 2.24) is 0 Å². The number of benzene rings is 1. The molecule has 0 heterocycles. The van der Waals surface area contributed by atoms with E-state index in [2.05, 4.69) is 20.8 Å². The van der Waals surface area contributed by atoms with Gasteiger partial charge in [-0.05, 0) is 47.5 Å². The molecule has 120 valence electrons. The number of aliphatic hydroxyl groups is 1. The highest BCUT2D eigenvalue weighted by Crippen LogP contribution is 2.71. The van der Waals surface area contributed by atoms with Gasteiger partial charge in [0.25, 0.3) is 0 Å². The normalized spacial score (nSPS) is 37.2. The van der Waals surface area contributed by atoms with E-state index >= 15 is 0 Å². The Hall–Kier alpha value is -1.35. The van der Waals surface area contributed by atoms with E-state index in [1.54, 1.807) is 0 Å². The molecular weight excluding hydrogens is 276 g/mol. The zero-order valence-corrected chi connectivity index (χ0v) is 13.6. The van der Waals surface area contributed by atoms with Crippen molar-refractivity contribution in [1.29, 1.82) is 0 Å². The fourth-order valence-corrected chi connectivity index (χ4v) is 5.38. The van der Waals surface area contributed by atoms with Gasteiger partial charge in [0, 0.05) is 11.9 Å². The van der Waals surface area contributed by atoms with Crippen LogP contribution in [0.25, 0.3) is 0 Å². The molecule has 0 unspecified atom stereocenters. The summed E-state index contributed by atoms with van der Waals surface area (Å²) in [5.74, 6) is -1.06. The number of aliphatic carboxylic acids is 1. The molecule has 0 amide bonds. The number of carbonyl (C=O) groups is 1. The van der Waals surface area contributed by atoms with Crippen molar-refractivity contribution < 1.29 is 15.0 Å². The van der Waals surface area contributed by atoms with Crippen LogP contribution in [0.15, 0.2) is 30.3 Å². The Bertz CT molecular complexity index is 565. The number of hydrogen-bond donors (Lipinski definition) is 1. The van der Waals surface area contributed by atoms with Gasteiger partial charge in [-0.15, -0.1) is 0 Å². The van der Waals surface area contributed by atoms with Gasteiger partial charge in [-0.2, -0.15) is 0 Å². The molecule has 2 aliphatic carbocycles. The molecule has 3 rings (SSSR count). The van der Waals surface area contributed by atoms with Crippen molar-refractivity contribution in [3.63, 3.8) is 0 Å². The van der Waals surface area contributed by atoms with Crippen molar-refractivity contribution in [2.75, 3.05) is 0 Å². The second-order valence-corrected chi connectivity index (χ2v) is 7.91. The van der Waals surface area contributed by atoms with Gasteiger partial charge in [-0.25, -0.2) is 0 Å². The van der Waals surface area contributed by atoms with Gasteiger partial charge in [-0.1, -0.05) is 51.1 Å². The molecule has 22 heavy (non-hydrogen) atoms. The van der Waals surface area contributed by atoms with Crippen LogP contribution in [0.4, 0.5) is 0 Å². The van der Waals surface area contributed by atoms with Gasteiger partial charge < -0.3 is 15.0 Å². The molecular formula is C19H25O3-. The SMILES string of the molecule is CC1(C)[C@@H]2CC[C@]1(C)[C@H](C(=O)[O-])[C@@H]2C[C@H](O)c1ccccc1. The first-order chi connectivity index (χ1) is 10.3. The predicted molar refractivity (Wildman–Crippen MR) is 82.6 cm³/mol. The topological polar surface area (TPSA) is 60.4 Å². The minimum atomic E-state index is -0.942. The molecule has 2 fully saturated rings. The largest absolute Gasteiger partial charge is 0.550 e. The molecule has 3 heteroatoms. The first-order valence-electron chi connectivity index (χ1n) is 8.23. The van der Waals surface area contributed by atoms with Crippen molar-refractivity contribution in [2.24, 2.45) is 28.6 Å². The number of rotatable bonds is 4.